The van der Waals surface area contributed by atoms with E-state index in [1.165, 1.54) is 11.1 Å². The minimum Gasteiger partial charge on any atom is -0.490 e. The Balaban J connectivity index is 1.25. The Morgan fingerprint density at radius 3 is 2.38 bits per heavy atom. The van der Waals surface area contributed by atoms with Gasteiger partial charge >= 0.3 is 0 Å². The zero-order valence-corrected chi connectivity index (χ0v) is 23.3. The molecule has 2 aliphatic heterocycles. The van der Waals surface area contributed by atoms with Gasteiger partial charge in [-0.2, -0.15) is 5.26 Å². The molecule has 3 heterocycles. The van der Waals surface area contributed by atoms with Crippen molar-refractivity contribution < 1.29 is 9.53 Å². The molecule has 2 aromatic carbocycles. The highest BCUT2D eigenvalue weighted by Crippen LogP contribution is 2.38. The van der Waals surface area contributed by atoms with E-state index in [0.717, 1.165) is 50.5 Å². The van der Waals surface area contributed by atoms with Crippen molar-refractivity contribution in [2.75, 3.05) is 31.1 Å². The lowest BCUT2D eigenvalue weighted by Gasteiger charge is -2.43. The number of halogens is 1. The van der Waals surface area contributed by atoms with Crippen LogP contribution in [0.15, 0.2) is 66.9 Å². The third-order valence-electron chi connectivity index (χ3n) is 8.27. The molecule has 0 aliphatic carbocycles. The van der Waals surface area contributed by atoms with Crippen LogP contribution in [0.2, 0.25) is 5.02 Å². The third-order valence-corrected chi connectivity index (χ3v) is 8.52. The second-order valence-corrected chi connectivity index (χ2v) is 11.2. The topological polar surface area (TPSA) is 69.5 Å². The lowest BCUT2D eigenvalue weighted by Crippen LogP contribution is -2.49. The summed E-state index contributed by atoms with van der Waals surface area (Å²) in [5, 5.41) is 9.74. The number of carbonyl (C=O) groups excluding carboxylic acids is 1. The molecule has 2 aliphatic rings. The summed E-state index contributed by atoms with van der Waals surface area (Å²) in [6, 6.07) is 22.1. The van der Waals surface area contributed by atoms with Crippen molar-refractivity contribution in [1.82, 2.24) is 9.88 Å². The molecular formula is C32H35ClN4O2. The van der Waals surface area contributed by atoms with E-state index in [-0.39, 0.29) is 29.8 Å². The van der Waals surface area contributed by atoms with E-state index in [1.807, 2.05) is 30.3 Å². The van der Waals surface area contributed by atoms with Crippen LogP contribution in [0.3, 0.4) is 0 Å². The van der Waals surface area contributed by atoms with Crippen LogP contribution >= 0.6 is 11.6 Å². The second-order valence-electron chi connectivity index (χ2n) is 10.8. The first-order valence-electron chi connectivity index (χ1n) is 13.8. The molecule has 7 heteroatoms. The summed E-state index contributed by atoms with van der Waals surface area (Å²) in [5.74, 6) is 2.47. The summed E-state index contributed by atoms with van der Waals surface area (Å²) in [4.78, 5) is 22.4. The number of aromatic nitrogens is 1. The molecular weight excluding hydrogens is 508 g/mol. The maximum absolute atomic E-state index is 13.7. The molecule has 39 heavy (non-hydrogen) atoms. The molecule has 3 aromatic rings. The van der Waals surface area contributed by atoms with Crippen molar-refractivity contribution in [3.8, 4) is 11.8 Å². The molecule has 2 fully saturated rings. The number of hydrogen-bond acceptors (Lipinski definition) is 5. The number of piperidine rings is 2. The smallest absolute Gasteiger partial charge is 0.225 e. The number of pyridine rings is 1. The molecule has 0 radical (unpaired) electrons. The lowest BCUT2D eigenvalue weighted by atomic mass is 9.77. The van der Waals surface area contributed by atoms with Crippen molar-refractivity contribution in [1.29, 1.82) is 5.26 Å². The van der Waals surface area contributed by atoms with Gasteiger partial charge in [0.2, 0.25) is 5.91 Å². The first-order valence-corrected chi connectivity index (χ1v) is 14.2. The number of hydrogen-bond donors (Lipinski definition) is 0. The van der Waals surface area contributed by atoms with Gasteiger partial charge in [0.15, 0.2) is 0 Å². The lowest BCUT2D eigenvalue weighted by molar-refractivity contribution is -0.138. The molecule has 0 spiro atoms. The quantitative estimate of drug-likeness (QED) is 0.369. The molecule has 0 N–H and O–H groups in total. The Labute approximate surface area is 236 Å². The minimum absolute atomic E-state index is 0.00815. The summed E-state index contributed by atoms with van der Waals surface area (Å²) in [5.41, 5.74) is 2.96. The van der Waals surface area contributed by atoms with Crippen LogP contribution in [0.5, 0.6) is 5.75 Å². The van der Waals surface area contributed by atoms with Gasteiger partial charge in [-0.1, -0.05) is 41.4 Å². The zero-order chi connectivity index (χ0) is 27.4. The molecule has 2 saturated heterocycles. The molecule has 5 rings (SSSR count). The number of aryl methyl sites for hydroxylation is 1. The predicted octanol–water partition coefficient (Wildman–Crippen LogP) is 6.23. The number of anilines is 1. The van der Waals surface area contributed by atoms with Crippen molar-refractivity contribution in [3.63, 3.8) is 0 Å². The molecule has 1 aromatic heterocycles. The van der Waals surface area contributed by atoms with E-state index in [0.29, 0.717) is 17.1 Å². The SMILES string of the molecule is Cc1ccc(O[C@@H](C)[C@H]2CCN(C(=O)C3CCN(c4ccc(C#N)cn4)CC3)C[C@@H]2c2ccc(Cl)cc2)cc1. The minimum atomic E-state index is 0.00815. The van der Waals surface area contributed by atoms with Crippen molar-refractivity contribution >= 4 is 23.3 Å². The Kier molecular flexibility index (Phi) is 8.38. The number of rotatable bonds is 6. The van der Waals surface area contributed by atoms with Crippen LogP contribution in [0, 0.1) is 30.1 Å². The molecule has 6 nitrogen and oxygen atoms in total. The maximum atomic E-state index is 13.7. The molecule has 1 amide bonds. The number of amides is 1. The van der Waals surface area contributed by atoms with Crippen LogP contribution in [0.1, 0.15) is 48.8 Å². The van der Waals surface area contributed by atoms with Crippen LogP contribution in [0.25, 0.3) is 0 Å². The van der Waals surface area contributed by atoms with E-state index >= 15 is 0 Å². The molecule has 0 bridgehead atoms. The fourth-order valence-corrected chi connectivity index (χ4v) is 6.09. The summed E-state index contributed by atoms with van der Waals surface area (Å²) in [7, 11) is 0. The fourth-order valence-electron chi connectivity index (χ4n) is 5.97. The average Bonchev–Trinajstić information content (AvgIpc) is 2.98. The van der Waals surface area contributed by atoms with Gasteiger partial charge in [-0.05, 0) is 75.1 Å². The van der Waals surface area contributed by atoms with Gasteiger partial charge in [-0.25, -0.2) is 4.98 Å². The molecule has 0 unspecified atom stereocenters. The average molecular weight is 543 g/mol. The number of nitrogens with zero attached hydrogens (tertiary/aromatic N) is 4. The highest BCUT2D eigenvalue weighted by Gasteiger charge is 2.38. The number of benzene rings is 2. The van der Waals surface area contributed by atoms with E-state index in [2.05, 4.69) is 59.0 Å². The highest BCUT2D eigenvalue weighted by atomic mass is 35.5. The highest BCUT2D eigenvalue weighted by molar-refractivity contribution is 6.30. The maximum Gasteiger partial charge on any atom is 0.225 e. The predicted molar refractivity (Wildman–Crippen MR) is 154 cm³/mol. The summed E-state index contributed by atoms with van der Waals surface area (Å²) >= 11 is 6.21. The van der Waals surface area contributed by atoms with Crippen molar-refractivity contribution in [2.24, 2.45) is 11.8 Å². The standard InChI is InChI=1S/C32H35ClN4O2/c1-22-3-10-28(11-4-22)39-23(2)29-15-18-37(21-30(29)25-6-8-27(33)9-7-25)32(38)26-13-16-36(17-14-26)31-12-5-24(19-34)20-35-31/h3-12,20,23,26,29-30H,13-18,21H2,1-2H3/t23-,29+,30+/m0/s1. The monoisotopic (exact) mass is 542 g/mol. The van der Waals surface area contributed by atoms with E-state index in [9.17, 15) is 4.79 Å². The van der Waals surface area contributed by atoms with Gasteiger partial charge in [0.05, 0.1) is 11.7 Å². The third kappa shape index (κ3) is 6.37. The zero-order valence-electron chi connectivity index (χ0n) is 22.6. The van der Waals surface area contributed by atoms with Gasteiger partial charge in [0.1, 0.15) is 17.6 Å². The first kappa shape index (κ1) is 27.0. The summed E-state index contributed by atoms with van der Waals surface area (Å²) in [6.45, 7) is 7.22. The molecule has 202 valence electrons. The van der Waals surface area contributed by atoms with Crippen LogP contribution in [-0.4, -0.2) is 48.1 Å². The summed E-state index contributed by atoms with van der Waals surface area (Å²) < 4.78 is 6.41. The Morgan fingerprint density at radius 2 is 1.74 bits per heavy atom. The summed E-state index contributed by atoms with van der Waals surface area (Å²) in [6.07, 6.45) is 4.11. The first-order chi connectivity index (χ1) is 18.9. The molecule has 3 atom stereocenters. The number of ether oxygens (including phenoxy) is 1. The Morgan fingerprint density at radius 1 is 1.03 bits per heavy atom. The van der Waals surface area contributed by atoms with Gasteiger partial charge < -0.3 is 14.5 Å². The Bertz CT molecular complexity index is 1300. The van der Waals surface area contributed by atoms with E-state index in [1.54, 1.807) is 12.3 Å². The van der Waals surface area contributed by atoms with Crippen LogP contribution < -0.4 is 9.64 Å². The number of nitriles is 1. The molecule has 0 saturated carbocycles. The van der Waals surface area contributed by atoms with Crippen molar-refractivity contribution in [3.05, 3.63) is 88.6 Å². The number of carbonyl (C=O) groups is 1. The fraction of sp³-hybridized carbons (Fsp3) is 0.406. The second kappa shape index (κ2) is 12.1. The normalized spacial score (nSPS) is 20.8. The van der Waals surface area contributed by atoms with Gasteiger partial charge in [0.25, 0.3) is 0 Å². The number of likely N-dealkylation sites (tertiary alicyclic amines) is 1. The van der Waals surface area contributed by atoms with Crippen LogP contribution in [-0.2, 0) is 4.79 Å². The van der Waals surface area contributed by atoms with E-state index < -0.39 is 0 Å². The van der Waals surface area contributed by atoms with Crippen molar-refractivity contribution in [2.45, 2.75) is 45.1 Å². The van der Waals surface area contributed by atoms with Gasteiger partial charge in [0, 0.05) is 55.2 Å². The van der Waals surface area contributed by atoms with Crippen LogP contribution in [0.4, 0.5) is 5.82 Å². The Hall–Kier alpha value is -3.56. The largest absolute Gasteiger partial charge is 0.490 e. The van der Waals surface area contributed by atoms with E-state index in [4.69, 9.17) is 21.6 Å². The van der Waals surface area contributed by atoms with Gasteiger partial charge in [-0.3, -0.25) is 4.79 Å². The van der Waals surface area contributed by atoms with Gasteiger partial charge in [-0.15, -0.1) is 0 Å².